The van der Waals surface area contributed by atoms with E-state index in [2.05, 4.69) is 11.6 Å². The average molecular weight is 294 g/mol. The molecule has 3 nitrogen and oxygen atoms in total. The number of anilines is 1. The number of allylic oxidation sites excluding steroid dienone is 1. The van der Waals surface area contributed by atoms with Gasteiger partial charge in [-0.15, -0.1) is 6.58 Å². The molecule has 0 fully saturated rings. The van der Waals surface area contributed by atoms with Crippen LogP contribution in [-0.4, -0.2) is 4.98 Å². The molecule has 0 aliphatic carbocycles. The van der Waals surface area contributed by atoms with Crippen LogP contribution in [0.3, 0.4) is 0 Å². The van der Waals surface area contributed by atoms with Crippen LogP contribution in [0.1, 0.15) is 11.1 Å². The first-order valence-electron chi connectivity index (χ1n) is 6.10. The van der Waals surface area contributed by atoms with Gasteiger partial charge in [-0.05, 0) is 30.7 Å². The lowest BCUT2D eigenvalue weighted by Gasteiger charge is -2.12. The molecule has 1 aromatic carbocycles. The zero-order chi connectivity index (χ0) is 15.5. The molecule has 0 spiro atoms. The van der Waals surface area contributed by atoms with Crippen LogP contribution >= 0.6 is 0 Å². The van der Waals surface area contributed by atoms with Crippen molar-refractivity contribution in [1.82, 2.24) is 4.98 Å². The number of hydrogen-bond donors (Lipinski definition) is 1. The molecule has 0 unspecified atom stereocenters. The maximum absolute atomic E-state index is 12.6. The van der Waals surface area contributed by atoms with E-state index in [9.17, 15) is 13.2 Å². The molecule has 6 heteroatoms. The fraction of sp³-hybridized carbons (Fsp3) is 0.133. The zero-order valence-corrected chi connectivity index (χ0v) is 11.0. The Morgan fingerprint density at radius 2 is 2.00 bits per heavy atom. The fourth-order valence-electron chi connectivity index (χ4n) is 1.77. The number of alkyl halides is 3. The van der Waals surface area contributed by atoms with Gasteiger partial charge in [0.05, 0.1) is 5.56 Å². The number of rotatable bonds is 4. The SMILES string of the molecule is C=CCc1cc(N)ccc1Oc1cc(C(F)(F)F)ccn1. The number of halogens is 3. The molecule has 1 heterocycles. The maximum atomic E-state index is 12.6. The van der Waals surface area contributed by atoms with E-state index in [1.807, 2.05) is 0 Å². The van der Waals surface area contributed by atoms with Gasteiger partial charge in [0.2, 0.25) is 5.88 Å². The van der Waals surface area contributed by atoms with Crippen LogP contribution in [0.2, 0.25) is 0 Å². The summed E-state index contributed by atoms with van der Waals surface area (Å²) >= 11 is 0. The van der Waals surface area contributed by atoms with Crippen LogP contribution in [-0.2, 0) is 12.6 Å². The van der Waals surface area contributed by atoms with Gasteiger partial charge >= 0.3 is 6.18 Å². The largest absolute Gasteiger partial charge is 0.439 e. The van der Waals surface area contributed by atoms with E-state index in [1.54, 1.807) is 24.3 Å². The highest BCUT2D eigenvalue weighted by atomic mass is 19.4. The fourth-order valence-corrected chi connectivity index (χ4v) is 1.77. The Balaban J connectivity index is 2.32. The van der Waals surface area contributed by atoms with Gasteiger partial charge in [-0.1, -0.05) is 6.08 Å². The van der Waals surface area contributed by atoms with Gasteiger partial charge in [0.25, 0.3) is 0 Å². The quantitative estimate of drug-likeness (QED) is 0.679. The van der Waals surface area contributed by atoms with Crippen molar-refractivity contribution in [3.05, 3.63) is 60.3 Å². The summed E-state index contributed by atoms with van der Waals surface area (Å²) < 4.78 is 43.4. The Kier molecular flexibility index (Phi) is 4.16. The Bertz CT molecular complexity index is 654. The highest BCUT2D eigenvalue weighted by Gasteiger charge is 2.31. The van der Waals surface area contributed by atoms with Crippen molar-refractivity contribution < 1.29 is 17.9 Å². The first-order chi connectivity index (χ1) is 9.90. The van der Waals surface area contributed by atoms with Gasteiger partial charge in [-0.2, -0.15) is 13.2 Å². The third-order valence-electron chi connectivity index (χ3n) is 2.73. The number of pyridine rings is 1. The van der Waals surface area contributed by atoms with Crippen molar-refractivity contribution in [2.45, 2.75) is 12.6 Å². The molecule has 0 amide bonds. The monoisotopic (exact) mass is 294 g/mol. The normalized spacial score (nSPS) is 11.2. The lowest BCUT2D eigenvalue weighted by Crippen LogP contribution is -2.05. The van der Waals surface area contributed by atoms with Crippen molar-refractivity contribution in [2.24, 2.45) is 0 Å². The number of nitrogens with zero attached hydrogens (tertiary/aromatic N) is 1. The molecular formula is C15H13F3N2O. The Hall–Kier alpha value is -2.50. The second kappa shape index (κ2) is 5.87. The first-order valence-corrected chi connectivity index (χ1v) is 6.10. The van der Waals surface area contributed by atoms with Crippen molar-refractivity contribution in [2.75, 3.05) is 5.73 Å². The van der Waals surface area contributed by atoms with Crippen LogP contribution in [0.25, 0.3) is 0 Å². The van der Waals surface area contributed by atoms with Crippen LogP contribution in [0, 0.1) is 0 Å². The number of aromatic nitrogens is 1. The van der Waals surface area contributed by atoms with Gasteiger partial charge in [0, 0.05) is 23.5 Å². The molecule has 110 valence electrons. The molecule has 1 aromatic heterocycles. The number of nitrogens with two attached hydrogens (primary N) is 1. The van der Waals surface area contributed by atoms with Gasteiger partial charge in [-0.3, -0.25) is 0 Å². The minimum absolute atomic E-state index is 0.125. The van der Waals surface area contributed by atoms with Crippen molar-refractivity contribution in [3.8, 4) is 11.6 Å². The number of benzene rings is 1. The third kappa shape index (κ3) is 3.75. The van der Waals surface area contributed by atoms with E-state index < -0.39 is 11.7 Å². The predicted molar refractivity (Wildman–Crippen MR) is 74.1 cm³/mol. The third-order valence-corrected chi connectivity index (χ3v) is 2.73. The molecule has 0 aliphatic rings. The van der Waals surface area contributed by atoms with Crippen molar-refractivity contribution in [1.29, 1.82) is 0 Å². The second-order valence-electron chi connectivity index (χ2n) is 4.34. The summed E-state index contributed by atoms with van der Waals surface area (Å²) in [5.74, 6) is 0.274. The molecule has 0 aliphatic heterocycles. The highest BCUT2D eigenvalue weighted by Crippen LogP contribution is 2.32. The number of ether oxygens (including phenoxy) is 1. The van der Waals surface area contributed by atoms with E-state index in [1.165, 1.54) is 0 Å². The summed E-state index contributed by atoms with van der Waals surface area (Å²) in [5.41, 5.74) is 6.13. The summed E-state index contributed by atoms with van der Waals surface area (Å²) in [6, 6.07) is 6.63. The number of hydrogen-bond acceptors (Lipinski definition) is 3. The van der Waals surface area contributed by atoms with E-state index in [0.29, 0.717) is 17.9 Å². The number of nitrogen functional groups attached to an aromatic ring is 1. The van der Waals surface area contributed by atoms with Crippen LogP contribution in [0.5, 0.6) is 11.6 Å². The Morgan fingerprint density at radius 3 is 2.67 bits per heavy atom. The molecule has 0 bridgehead atoms. The van der Waals surface area contributed by atoms with Gasteiger partial charge < -0.3 is 10.5 Å². The summed E-state index contributed by atoms with van der Waals surface area (Å²) in [5, 5.41) is 0. The molecule has 2 aromatic rings. The topological polar surface area (TPSA) is 48.1 Å². The van der Waals surface area contributed by atoms with Crippen LogP contribution in [0.4, 0.5) is 18.9 Å². The average Bonchev–Trinajstić information content (AvgIpc) is 2.42. The van der Waals surface area contributed by atoms with Crippen LogP contribution in [0.15, 0.2) is 49.2 Å². The zero-order valence-electron chi connectivity index (χ0n) is 11.0. The van der Waals surface area contributed by atoms with Crippen molar-refractivity contribution >= 4 is 5.69 Å². The molecule has 0 saturated heterocycles. The second-order valence-corrected chi connectivity index (χ2v) is 4.34. The van der Waals surface area contributed by atoms with E-state index in [0.717, 1.165) is 23.9 Å². The van der Waals surface area contributed by atoms with Gasteiger partial charge in [0.15, 0.2) is 0 Å². The van der Waals surface area contributed by atoms with E-state index in [4.69, 9.17) is 10.5 Å². The summed E-state index contributed by atoms with van der Waals surface area (Å²) in [6.07, 6.45) is -1.24. The minimum atomic E-state index is -4.44. The summed E-state index contributed by atoms with van der Waals surface area (Å²) in [7, 11) is 0. The van der Waals surface area contributed by atoms with Gasteiger partial charge in [0.1, 0.15) is 5.75 Å². The van der Waals surface area contributed by atoms with E-state index in [-0.39, 0.29) is 5.88 Å². The van der Waals surface area contributed by atoms with E-state index >= 15 is 0 Å². The standard InChI is InChI=1S/C15H13F3N2O/c1-2-3-10-8-12(19)4-5-13(10)21-14-9-11(6-7-20-14)15(16,17)18/h2,4-9H,1,3,19H2. The molecule has 21 heavy (non-hydrogen) atoms. The summed E-state index contributed by atoms with van der Waals surface area (Å²) in [4.78, 5) is 3.79. The van der Waals surface area contributed by atoms with Gasteiger partial charge in [-0.25, -0.2) is 4.98 Å². The van der Waals surface area contributed by atoms with Crippen molar-refractivity contribution in [3.63, 3.8) is 0 Å². The molecule has 0 radical (unpaired) electrons. The smallest absolute Gasteiger partial charge is 0.416 e. The lowest BCUT2D eigenvalue weighted by molar-refractivity contribution is -0.137. The molecular weight excluding hydrogens is 281 g/mol. The maximum Gasteiger partial charge on any atom is 0.416 e. The Morgan fingerprint density at radius 1 is 1.24 bits per heavy atom. The minimum Gasteiger partial charge on any atom is -0.439 e. The molecule has 2 rings (SSSR count). The lowest BCUT2D eigenvalue weighted by atomic mass is 10.1. The molecule has 2 N–H and O–H groups in total. The Labute approximate surface area is 119 Å². The predicted octanol–water partition coefficient (Wildman–Crippen LogP) is 4.20. The highest BCUT2D eigenvalue weighted by molar-refractivity contribution is 5.49. The molecule has 0 atom stereocenters. The summed E-state index contributed by atoms with van der Waals surface area (Å²) in [6.45, 7) is 3.62. The molecule has 0 saturated carbocycles. The van der Waals surface area contributed by atoms with Crippen LogP contribution < -0.4 is 10.5 Å². The first kappa shape index (κ1) is 14.9.